The van der Waals surface area contributed by atoms with Gasteiger partial charge >= 0.3 is 5.97 Å². The van der Waals surface area contributed by atoms with Crippen molar-refractivity contribution in [2.24, 2.45) is 0 Å². The van der Waals surface area contributed by atoms with E-state index in [1.54, 1.807) is 31.2 Å². The monoisotopic (exact) mass is 367 g/mol. The molecule has 136 valence electrons. The summed E-state index contributed by atoms with van der Waals surface area (Å²) < 4.78 is 26.5. The normalized spacial score (nSPS) is 11.4. The Balaban J connectivity index is 1.85. The van der Waals surface area contributed by atoms with Crippen LogP contribution in [-0.4, -0.2) is 17.0 Å². The average Bonchev–Trinajstić information content (AvgIpc) is 2.63. The predicted octanol–water partition coefficient (Wildman–Crippen LogP) is 4.86. The highest BCUT2D eigenvalue weighted by Gasteiger charge is 2.14. The second kappa shape index (κ2) is 7.37. The molecule has 1 amide bonds. The topological polar surface area (TPSA) is 66.4 Å². The van der Waals surface area contributed by atoms with Gasteiger partial charge in [-0.2, -0.15) is 0 Å². The number of nitrogens with one attached hydrogen (secondary N) is 1. The molecule has 0 spiro atoms. The lowest BCUT2D eigenvalue weighted by Gasteiger charge is -2.09. The van der Waals surface area contributed by atoms with Crippen LogP contribution in [0.1, 0.15) is 22.8 Å². The smallest absolute Gasteiger partial charge is 0.337 e. The van der Waals surface area contributed by atoms with Gasteiger partial charge in [0.25, 0.3) is 5.91 Å². The third kappa shape index (κ3) is 4.17. The number of fused-ring (bicyclic) bond motifs is 1. The Morgan fingerprint density at radius 2 is 1.56 bits per heavy atom. The average molecular weight is 367 g/mol. The zero-order valence-corrected chi connectivity index (χ0v) is 14.3. The van der Waals surface area contributed by atoms with Gasteiger partial charge in [0.1, 0.15) is 11.6 Å². The zero-order chi connectivity index (χ0) is 19.6. The molecule has 2 N–H and O–H groups in total. The number of carbonyl (C=O) groups excluding carboxylic acids is 1. The molecule has 3 aromatic rings. The van der Waals surface area contributed by atoms with E-state index in [9.17, 15) is 18.4 Å². The van der Waals surface area contributed by atoms with Crippen molar-refractivity contribution in [1.29, 1.82) is 0 Å². The summed E-state index contributed by atoms with van der Waals surface area (Å²) in [6.07, 6.45) is 1.63. The molecule has 0 heterocycles. The number of hydrogen-bond acceptors (Lipinski definition) is 2. The molecule has 0 aliphatic carbocycles. The largest absolute Gasteiger partial charge is 0.478 e. The molecule has 0 bridgehead atoms. The lowest BCUT2D eigenvalue weighted by Crippen LogP contribution is -2.15. The summed E-state index contributed by atoms with van der Waals surface area (Å²) in [6.45, 7) is 1.58. The summed E-state index contributed by atoms with van der Waals surface area (Å²) in [4.78, 5) is 23.6. The number of carboxylic acid groups (broad SMARTS) is 1. The van der Waals surface area contributed by atoms with E-state index in [4.69, 9.17) is 5.11 Å². The molecule has 0 aromatic heterocycles. The first-order valence-corrected chi connectivity index (χ1v) is 8.05. The molecule has 27 heavy (non-hydrogen) atoms. The quantitative estimate of drug-likeness (QED) is 0.647. The summed E-state index contributed by atoms with van der Waals surface area (Å²) in [7, 11) is 0. The third-order valence-electron chi connectivity index (χ3n) is 4.03. The molecule has 0 atom stereocenters. The maximum Gasteiger partial charge on any atom is 0.337 e. The Hall–Kier alpha value is -3.54. The van der Waals surface area contributed by atoms with Gasteiger partial charge in [-0.05, 0) is 65.7 Å². The van der Waals surface area contributed by atoms with Crippen molar-refractivity contribution in [3.63, 3.8) is 0 Å². The lowest BCUT2D eigenvalue weighted by atomic mass is 10.0. The summed E-state index contributed by atoms with van der Waals surface area (Å²) in [5.74, 6) is -2.88. The van der Waals surface area contributed by atoms with E-state index in [1.807, 2.05) is 6.07 Å². The first-order valence-electron chi connectivity index (χ1n) is 8.05. The van der Waals surface area contributed by atoms with Crippen LogP contribution in [-0.2, 0) is 4.79 Å². The van der Waals surface area contributed by atoms with E-state index in [1.165, 1.54) is 18.2 Å². The van der Waals surface area contributed by atoms with Crippen molar-refractivity contribution in [3.05, 3.63) is 82.9 Å². The fourth-order valence-corrected chi connectivity index (χ4v) is 2.66. The fourth-order valence-electron chi connectivity index (χ4n) is 2.66. The number of halogens is 2. The minimum Gasteiger partial charge on any atom is -0.478 e. The van der Waals surface area contributed by atoms with Crippen molar-refractivity contribution >= 4 is 34.4 Å². The first kappa shape index (κ1) is 18.3. The van der Waals surface area contributed by atoms with Gasteiger partial charge < -0.3 is 10.4 Å². The summed E-state index contributed by atoms with van der Waals surface area (Å²) >= 11 is 0. The third-order valence-corrected chi connectivity index (χ3v) is 4.03. The number of benzene rings is 3. The Morgan fingerprint density at radius 1 is 0.926 bits per heavy atom. The predicted molar refractivity (Wildman–Crippen MR) is 99.5 cm³/mol. The Morgan fingerprint density at radius 3 is 2.30 bits per heavy atom. The van der Waals surface area contributed by atoms with Crippen LogP contribution < -0.4 is 5.32 Å². The summed E-state index contributed by atoms with van der Waals surface area (Å²) in [6, 6.07) is 12.9. The molecule has 0 fully saturated rings. The number of anilines is 1. The van der Waals surface area contributed by atoms with Crippen molar-refractivity contribution in [2.75, 3.05) is 5.32 Å². The van der Waals surface area contributed by atoms with Crippen LogP contribution in [0.4, 0.5) is 14.5 Å². The number of aromatic carboxylic acids is 1. The molecular weight excluding hydrogens is 352 g/mol. The molecule has 0 unspecified atom stereocenters. The number of carbonyl (C=O) groups is 2. The van der Waals surface area contributed by atoms with Crippen molar-refractivity contribution in [2.45, 2.75) is 6.92 Å². The zero-order valence-electron chi connectivity index (χ0n) is 14.3. The maximum absolute atomic E-state index is 13.2. The Bertz CT molecular complexity index is 1090. The Kier molecular flexibility index (Phi) is 4.98. The summed E-state index contributed by atoms with van der Waals surface area (Å²) in [5, 5.41) is 13.2. The van der Waals surface area contributed by atoms with Gasteiger partial charge in [0, 0.05) is 5.57 Å². The molecule has 0 aliphatic heterocycles. The maximum atomic E-state index is 13.2. The van der Waals surface area contributed by atoms with E-state index in [-0.39, 0.29) is 17.1 Å². The SMILES string of the molecule is CC(=Cc1ccc2cc(F)ccc2c1)C(=O)Nc1ccc(F)cc1C(=O)O. The minimum atomic E-state index is -1.34. The molecule has 0 saturated heterocycles. The van der Waals surface area contributed by atoms with E-state index < -0.39 is 17.7 Å². The highest BCUT2D eigenvalue weighted by molar-refractivity contribution is 6.09. The van der Waals surface area contributed by atoms with Crippen LogP contribution >= 0.6 is 0 Å². The number of hydrogen-bond donors (Lipinski definition) is 2. The van der Waals surface area contributed by atoms with Gasteiger partial charge in [0.05, 0.1) is 11.3 Å². The number of carboxylic acids is 1. The van der Waals surface area contributed by atoms with Crippen LogP contribution in [0.3, 0.4) is 0 Å². The molecule has 0 aliphatic rings. The van der Waals surface area contributed by atoms with E-state index in [0.29, 0.717) is 5.57 Å². The minimum absolute atomic E-state index is 0.00985. The van der Waals surface area contributed by atoms with Crippen molar-refractivity contribution in [1.82, 2.24) is 0 Å². The van der Waals surface area contributed by atoms with Crippen LogP contribution in [0, 0.1) is 11.6 Å². The second-order valence-corrected chi connectivity index (χ2v) is 6.03. The van der Waals surface area contributed by atoms with Crippen LogP contribution in [0.15, 0.2) is 60.2 Å². The number of amides is 1. The highest BCUT2D eigenvalue weighted by atomic mass is 19.1. The molecule has 3 aromatic carbocycles. The summed E-state index contributed by atoms with van der Waals surface area (Å²) in [5.41, 5.74) is 0.746. The van der Waals surface area contributed by atoms with Gasteiger partial charge in [-0.15, -0.1) is 0 Å². The molecule has 4 nitrogen and oxygen atoms in total. The lowest BCUT2D eigenvalue weighted by molar-refractivity contribution is -0.112. The van der Waals surface area contributed by atoms with E-state index in [0.717, 1.165) is 28.5 Å². The highest BCUT2D eigenvalue weighted by Crippen LogP contribution is 2.21. The van der Waals surface area contributed by atoms with Gasteiger partial charge in [-0.3, -0.25) is 4.79 Å². The van der Waals surface area contributed by atoms with Crippen molar-refractivity contribution < 1.29 is 23.5 Å². The van der Waals surface area contributed by atoms with Gasteiger partial charge in [0.15, 0.2) is 0 Å². The second-order valence-electron chi connectivity index (χ2n) is 6.03. The first-order chi connectivity index (χ1) is 12.8. The Labute approximate surface area is 153 Å². The van der Waals surface area contributed by atoms with Crippen LogP contribution in [0.2, 0.25) is 0 Å². The van der Waals surface area contributed by atoms with Gasteiger partial charge in [-0.1, -0.05) is 18.2 Å². The fraction of sp³-hybridized carbons (Fsp3) is 0.0476. The van der Waals surface area contributed by atoms with Crippen LogP contribution in [0.25, 0.3) is 16.8 Å². The van der Waals surface area contributed by atoms with Crippen molar-refractivity contribution in [3.8, 4) is 0 Å². The molecule has 0 saturated carbocycles. The molecule has 3 rings (SSSR count). The number of rotatable bonds is 4. The van der Waals surface area contributed by atoms with Crippen LogP contribution in [0.5, 0.6) is 0 Å². The standard InChI is InChI=1S/C21H15F2NO3/c1-12(8-13-2-3-15-10-16(22)5-4-14(15)9-13)20(25)24-19-7-6-17(23)11-18(19)21(26)27/h2-11H,1H3,(H,24,25)(H,26,27). The molecule has 6 heteroatoms. The van der Waals surface area contributed by atoms with E-state index in [2.05, 4.69) is 5.32 Å². The van der Waals surface area contributed by atoms with Gasteiger partial charge in [0.2, 0.25) is 0 Å². The molecular formula is C21H15F2NO3. The van der Waals surface area contributed by atoms with Gasteiger partial charge in [-0.25, -0.2) is 13.6 Å². The molecule has 0 radical (unpaired) electrons. The van der Waals surface area contributed by atoms with E-state index >= 15 is 0 Å².